The van der Waals surface area contributed by atoms with Crippen molar-refractivity contribution in [1.29, 1.82) is 0 Å². The predicted octanol–water partition coefficient (Wildman–Crippen LogP) is 4.42. The molecule has 34 heavy (non-hydrogen) atoms. The number of hydrogen-bond acceptors (Lipinski definition) is 5. The van der Waals surface area contributed by atoms with Crippen molar-refractivity contribution in [2.75, 3.05) is 23.8 Å². The third kappa shape index (κ3) is 4.84. The molecule has 0 radical (unpaired) electrons. The molecule has 0 unspecified atom stereocenters. The van der Waals surface area contributed by atoms with Gasteiger partial charge in [0.15, 0.2) is 0 Å². The molecule has 0 aliphatic carbocycles. The number of imide groups is 1. The number of anilines is 2. The number of nitrogens with zero attached hydrogens (tertiary/aromatic N) is 1. The standard InChI is InChI=1S/C27H27N3O4/c1-17(2)34-16-15-30-26(32)24(20-11-13-21(14-12-20)28-18(3)31)25(27(30)33)29-23-10-6-8-19-7-4-5-9-22(19)23/h4-14,17,29H,15-16H2,1-3H3,(H,28,31). The Hall–Kier alpha value is -3.97. The number of ether oxygens (including phenoxy) is 1. The fraction of sp³-hybridized carbons (Fsp3) is 0.222. The normalized spacial score (nSPS) is 13.8. The summed E-state index contributed by atoms with van der Waals surface area (Å²) in [5.41, 5.74) is 2.44. The minimum atomic E-state index is -0.397. The lowest BCUT2D eigenvalue weighted by atomic mass is 10.0. The summed E-state index contributed by atoms with van der Waals surface area (Å²) in [5.74, 6) is -0.965. The van der Waals surface area contributed by atoms with Gasteiger partial charge in [-0.1, -0.05) is 48.5 Å². The average molecular weight is 458 g/mol. The van der Waals surface area contributed by atoms with Crippen molar-refractivity contribution in [3.05, 3.63) is 78.0 Å². The van der Waals surface area contributed by atoms with E-state index in [9.17, 15) is 14.4 Å². The zero-order valence-electron chi connectivity index (χ0n) is 19.4. The molecular formula is C27H27N3O4. The van der Waals surface area contributed by atoms with Crippen LogP contribution >= 0.6 is 0 Å². The number of nitrogens with one attached hydrogen (secondary N) is 2. The minimum absolute atomic E-state index is 0.00478. The Bertz CT molecular complexity index is 1270. The van der Waals surface area contributed by atoms with Crippen LogP contribution in [0.25, 0.3) is 16.3 Å². The second-order valence-corrected chi connectivity index (χ2v) is 8.34. The Morgan fingerprint density at radius 3 is 2.35 bits per heavy atom. The second kappa shape index (κ2) is 9.89. The molecule has 3 aromatic carbocycles. The van der Waals surface area contributed by atoms with Crippen LogP contribution < -0.4 is 10.6 Å². The number of amides is 3. The lowest BCUT2D eigenvalue weighted by Gasteiger charge is -2.16. The Morgan fingerprint density at radius 1 is 0.941 bits per heavy atom. The topological polar surface area (TPSA) is 87.7 Å². The number of rotatable bonds is 8. The highest BCUT2D eigenvalue weighted by atomic mass is 16.5. The SMILES string of the molecule is CC(=O)Nc1ccc(C2=C(Nc3cccc4ccccc34)C(=O)N(CCOC(C)C)C2=O)cc1. The first kappa shape index (κ1) is 23.2. The van der Waals surface area contributed by atoms with Gasteiger partial charge in [-0.05, 0) is 43.0 Å². The molecule has 7 nitrogen and oxygen atoms in total. The molecule has 3 aromatic rings. The number of carbonyl (C=O) groups excluding carboxylic acids is 3. The highest BCUT2D eigenvalue weighted by Gasteiger charge is 2.39. The van der Waals surface area contributed by atoms with Gasteiger partial charge in [0.2, 0.25) is 5.91 Å². The van der Waals surface area contributed by atoms with E-state index in [1.165, 1.54) is 11.8 Å². The third-order valence-electron chi connectivity index (χ3n) is 5.48. The van der Waals surface area contributed by atoms with E-state index < -0.39 is 5.91 Å². The fourth-order valence-corrected chi connectivity index (χ4v) is 3.94. The van der Waals surface area contributed by atoms with Crippen molar-refractivity contribution < 1.29 is 19.1 Å². The molecule has 0 saturated heterocycles. The largest absolute Gasteiger partial charge is 0.377 e. The lowest BCUT2D eigenvalue weighted by molar-refractivity contribution is -0.138. The van der Waals surface area contributed by atoms with E-state index in [0.717, 1.165) is 16.5 Å². The summed E-state index contributed by atoms with van der Waals surface area (Å²) in [5, 5.41) is 7.92. The molecule has 3 amide bonds. The van der Waals surface area contributed by atoms with E-state index in [4.69, 9.17) is 4.74 Å². The maximum atomic E-state index is 13.4. The van der Waals surface area contributed by atoms with E-state index in [0.29, 0.717) is 11.3 Å². The van der Waals surface area contributed by atoms with Gasteiger partial charge < -0.3 is 15.4 Å². The monoisotopic (exact) mass is 457 g/mol. The highest BCUT2D eigenvalue weighted by Crippen LogP contribution is 2.33. The van der Waals surface area contributed by atoms with E-state index in [1.54, 1.807) is 24.3 Å². The Balaban J connectivity index is 1.73. The van der Waals surface area contributed by atoms with Crippen molar-refractivity contribution in [2.24, 2.45) is 0 Å². The molecule has 1 aliphatic heterocycles. The van der Waals surface area contributed by atoms with Gasteiger partial charge in [-0.2, -0.15) is 0 Å². The predicted molar refractivity (Wildman–Crippen MR) is 133 cm³/mol. The Labute approximate surface area is 198 Å². The average Bonchev–Trinajstić information content (AvgIpc) is 3.03. The molecule has 0 aromatic heterocycles. The van der Waals surface area contributed by atoms with Crippen molar-refractivity contribution in [2.45, 2.75) is 26.9 Å². The van der Waals surface area contributed by atoms with E-state index in [2.05, 4.69) is 10.6 Å². The van der Waals surface area contributed by atoms with Gasteiger partial charge in [-0.25, -0.2) is 0 Å². The molecule has 174 valence electrons. The van der Waals surface area contributed by atoms with Gasteiger partial charge in [-0.3, -0.25) is 19.3 Å². The first-order valence-corrected chi connectivity index (χ1v) is 11.2. The van der Waals surface area contributed by atoms with Crippen molar-refractivity contribution in [1.82, 2.24) is 4.90 Å². The molecule has 0 atom stereocenters. The van der Waals surface area contributed by atoms with Crippen molar-refractivity contribution in [3.63, 3.8) is 0 Å². The van der Waals surface area contributed by atoms with Crippen LogP contribution in [-0.2, 0) is 19.1 Å². The molecule has 7 heteroatoms. The van der Waals surface area contributed by atoms with Crippen LogP contribution in [-0.4, -0.2) is 41.9 Å². The maximum absolute atomic E-state index is 13.4. The summed E-state index contributed by atoms with van der Waals surface area (Å²) in [6, 6.07) is 20.5. The van der Waals surface area contributed by atoms with Gasteiger partial charge in [0, 0.05) is 23.7 Å². The summed E-state index contributed by atoms with van der Waals surface area (Å²) in [4.78, 5) is 39.4. The quantitative estimate of drug-likeness (QED) is 0.489. The van der Waals surface area contributed by atoms with E-state index >= 15 is 0 Å². The number of hydrogen-bond donors (Lipinski definition) is 2. The van der Waals surface area contributed by atoms with Crippen LogP contribution in [0.5, 0.6) is 0 Å². The molecule has 1 heterocycles. The van der Waals surface area contributed by atoms with Crippen LogP contribution in [0.15, 0.2) is 72.4 Å². The van der Waals surface area contributed by atoms with Gasteiger partial charge in [0.05, 0.1) is 24.8 Å². The molecule has 0 bridgehead atoms. The molecule has 2 N–H and O–H groups in total. The Morgan fingerprint density at radius 2 is 1.65 bits per heavy atom. The van der Waals surface area contributed by atoms with E-state index in [-0.39, 0.29) is 42.3 Å². The molecule has 1 aliphatic rings. The van der Waals surface area contributed by atoms with Gasteiger partial charge in [0.1, 0.15) is 5.70 Å². The summed E-state index contributed by atoms with van der Waals surface area (Å²) in [7, 11) is 0. The number of carbonyl (C=O) groups is 3. The zero-order chi connectivity index (χ0) is 24.2. The highest BCUT2D eigenvalue weighted by molar-refractivity contribution is 6.36. The molecule has 0 fully saturated rings. The van der Waals surface area contributed by atoms with Gasteiger partial charge >= 0.3 is 0 Å². The lowest BCUT2D eigenvalue weighted by Crippen LogP contribution is -2.35. The van der Waals surface area contributed by atoms with Gasteiger partial charge in [-0.15, -0.1) is 0 Å². The van der Waals surface area contributed by atoms with Crippen molar-refractivity contribution in [3.8, 4) is 0 Å². The number of fused-ring (bicyclic) bond motifs is 1. The minimum Gasteiger partial charge on any atom is -0.377 e. The van der Waals surface area contributed by atoms with Crippen LogP contribution in [0.4, 0.5) is 11.4 Å². The van der Waals surface area contributed by atoms with Crippen molar-refractivity contribution >= 4 is 45.4 Å². The first-order chi connectivity index (χ1) is 16.3. The maximum Gasteiger partial charge on any atom is 0.278 e. The summed E-state index contributed by atoms with van der Waals surface area (Å²) < 4.78 is 5.58. The third-order valence-corrected chi connectivity index (χ3v) is 5.48. The smallest absolute Gasteiger partial charge is 0.278 e. The van der Waals surface area contributed by atoms with E-state index in [1.807, 2.05) is 56.3 Å². The molecule has 0 spiro atoms. The fourth-order valence-electron chi connectivity index (χ4n) is 3.94. The van der Waals surface area contributed by atoms with Crippen LogP contribution in [0.1, 0.15) is 26.3 Å². The number of benzene rings is 3. The molecule has 4 rings (SSSR count). The summed E-state index contributed by atoms with van der Waals surface area (Å²) in [6.07, 6.45) is -0.00478. The first-order valence-electron chi connectivity index (χ1n) is 11.2. The molecular weight excluding hydrogens is 430 g/mol. The Kier molecular flexibility index (Phi) is 6.75. The van der Waals surface area contributed by atoms with Crippen LogP contribution in [0.3, 0.4) is 0 Å². The molecule has 0 saturated carbocycles. The van der Waals surface area contributed by atoms with Crippen LogP contribution in [0.2, 0.25) is 0 Å². The van der Waals surface area contributed by atoms with Gasteiger partial charge in [0.25, 0.3) is 11.8 Å². The zero-order valence-corrected chi connectivity index (χ0v) is 19.4. The second-order valence-electron chi connectivity index (χ2n) is 8.34. The summed E-state index contributed by atoms with van der Waals surface area (Å²) in [6.45, 7) is 5.65. The van der Waals surface area contributed by atoms with Crippen LogP contribution in [0, 0.1) is 0 Å². The summed E-state index contributed by atoms with van der Waals surface area (Å²) >= 11 is 0.